The molecule has 106 valence electrons. The lowest BCUT2D eigenvalue weighted by molar-refractivity contribution is 0.101. The van der Waals surface area contributed by atoms with Crippen molar-refractivity contribution in [3.63, 3.8) is 0 Å². The molecule has 2 aromatic carbocycles. The van der Waals surface area contributed by atoms with Crippen molar-refractivity contribution in [1.82, 2.24) is 4.57 Å². The Morgan fingerprint density at radius 1 is 1.24 bits per heavy atom. The summed E-state index contributed by atoms with van der Waals surface area (Å²) in [6, 6.07) is 11.0. The number of hydrogen-bond donors (Lipinski definition) is 0. The third-order valence-electron chi connectivity index (χ3n) is 3.36. The van der Waals surface area contributed by atoms with Gasteiger partial charge in [0.2, 0.25) is 0 Å². The molecule has 4 nitrogen and oxygen atoms in total. The summed E-state index contributed by atoms with van der Waals surface area (Å²) < 4.78 is 20.2. The molecule has 1 heterocycles. The molecule has 1 aromatic heterocycles. The molecule has 3 rings (SSSR count). The minimum absolute atomic E-state index is 0.0813. The van der Waals surface area contributed by atoms with Crippen LogP contribution in [0.3, 0.4) is 0 Å². The van der Waals surface area contributed by atoms with Crippen molar-refractivity contribution in [3.8, 4) is 0 Å². The third-order valence-corrected chi connectivity index (χ3v) is 3.36. The van der Waals surface area contributed by atoms with Crippen LogP contribution in [0.1, 0.15) is 22.8 Å². The lowest BCUT2D eigenvalue weighted by atomic mass is 10.1. The van der Waals surface area contributed by atoms with E-state index in [1.807, 2.05) is 0 Å². The van der Waals surface area contributed by atoms with E-state index in [2.05, 4.69) is 0 Å². The molecule has 0 saturated carbocycles. The number of oxazole rings is 1. The van der Waals surface area contributed by atoms with Gasteiger partial charge in [-0.3, -0.25) is 9.36 Å². The maximum atomic E-state index is 13.7. The Labute approximate surface area is 119 Å². The Bertz CT molecular complexity index is 892. The van der Waals surface area contributed by atoms with E-state index in [9.17, 15) is 14.0 Å². The van der Waals surface area contributed by atoms with Crippen LogP contribution < -0.4 is 5.76 Å². The van der Waals surface area contributed by atoms with E-state index in [0.717, 1.165) is 0 Å². The number of rotatable bonds is 3. The van der Waals surface area contributed by atoms with Gasteiger partial charge in [-0.1, -0.05) is 18.2 Å². The van der Waals surface area contributed by atoms with E-state index in [1.165, 1.54) is 23.6 Å². The molecule has 5 heteroatoms. The molecular formula is C16H12FNO3. The number of Topliss-reactive ketones (excluding diaryl/α,β-unsaturated/α-hetero) is 1. The molecule has 0 aliphatic carbocycles. The summed E-state index contributed by atoms with van der Waals surface area (Å²) >= 11 is 0. The molecule has 3 aromatic rings. The molecule has 0 amide bonds. The molecule has 0 fully saturated rings. The number of ketones is 1. The summed E-state index contributed by atoms with van der Waals surface area (Å²) in [5.74, 6) is -1.06. The SMILES string of the molecule is CC(=O)c1ccc2c(c1)oc(=O)n2Cc1ccccc1F. The first-order valence-electron chi connectivity index (χ1n) is 6.44. The van der Waals surface area contributed by atoms with Crippen molar-refractivity contribution in [3.05, 3.63) is 70.0 Å². The molecule has 0 saturated heterocycles. The van der Waals surface area contributed by atoms with Crippen molar-refractivity contribution in [1.29, 1.82) is 0 Å². The number of nitrogens with zero attached hydrogens (tertiary/aromatic N) is 1. The number of aromatic nitrogens is 1. The number of hydrogen-bond acceptors (Lipinski definition) is 3. The van der Waals surface area contributed by atoms with Gasteiger partial charge in [0.05, 0.1) is 12.1 Å². The summed E-state index contributed by atoms with van der Waals surface area (Å²) in [6.07, 6.45) is 0. The molecule has 0 N–H and O–H groups in total. The zero-order valence-corrected chi connectivity index (χ0v) is 11.3. The zero-order valence-electron chi connectivity index (χ0n) is 11.3. The highest BCUT2D eigenvalue weighted by Crippen LogP contribution is 2.17. The maximum absolute atomic E-state index is 13.7. The van der Waals surface area contributed by atoms with E-state index in [4.69, 9.17) is 4.42 Å². The molecule has 0 bridgehead atoms. The summed E-state index contributed by atoms with van der Waals surface area (Å²) in [5.41, 5.74) is 1.73. The molecule has 0 radical (unpaired) electrons. The Hall–Kier alpha value is -2.69. The van der Waals surface area contributed by atoms with Crippen LogP contribution in [0.4, 0.5) is 4.39 Å². The zero-order chi connectivity index (χ0) is 15.0. The van der Waals surface area contributed by atoms with Crippen LogP contribution in [0, 0.1) is 5.82 Å². The molecule has 21 heavy (non-hydrogen) atoms. The van der Waals surface area contributed by atoms with Crippen LogP contribution in [-0.4, -0.2) is 10.4 Å². The Balaban J connectivity index is 2.11. The lowest BCUT2D eigenvalue weighted by Crippen LogP contribution is -2.15. The fourth-order valence-electron chi connectivity index (χ4n) is 2.23. The quantitative estimate of drug-likeness (QED) is 0.695. The molecule has 0 aliphatic rings. The van der Waals surface area contributed by atoms with Gasteiger partial charge in [-0.15, -0.1) is 0 Å². The van der Waals surface area contributed by atoms with Crippen molar-refractivity contribution < 1.29 is 13.6 Å². The summed E-state index contributed by atoms with van der Waals surface area (Å²) in [6.45, 7) is 1.52. The van der Waals surface area contributed by atoms with Crippen LogP contribution in [0.5, 0.6) is 0 Å². The minimum atomic E-state index is -0.575. The first kappa shape index (κ1) is 13.3. The topological polar surface area (TPSA) is 52.2 Å². The fourth-order valence-corrected chi connectivity index (χ4v) is 2.23. The third kappa shape index (κ3) is 2.38. The average molecular weight is 285 g/mol. The van der Waals surface area contributed by atoms with E-state index in [1.54, 1.807) is 30.3 Å². The van der Waals surface area contributed by atoms with E-state index in [-0.39, 0.29) is 18.1 Å². The minimum Gasteiger partial charge on any atom is -0.408 e. The van der Waals surface area contributed by atoms with Gasteiger partial charge in [0.1, 0.15) is 5.82 Å². The molecule has 0 aliphatic heterocycles. The van der Waals surface area contributed by atoms with Crippen LogP contribution in [-0.2, 0) is 6.54 Å². The van der Waals surface area contributed by atoms with Gasteiger partial charge in [-0.25, -0.2) is 9.18 Å². The second-order valence-corrected chi connectivity index (χ2v) is 4.78. The molecule has 0 unspecified atom stereocenters. The average Bonchev–Trinajstić information content (AvgIpc) is 2.76. The number of fused-ring (bicyclic) bond motifs is 1. The molecular weight excluding hydrogens is 273 g/mol. The molecule has 0 atom stereocenters. The Kier molecular flexibility index (Phi) is 3.17. The lowest BCUT2D eigenvalue weighted by Gasteiger charge is -2.04. The van der Waals surface area contributed by atoms with Crippen molar-refractivity contribution in [2.75, 3.05) is 0 Å². The number of carbonyl (C=O) groups is 1. The number of carbonyl (C=O) groups excluding carboxylic acids is 1. The first-order chi connectivity index (χ1) is 10.1. The fraction of sp³-hybridized carbons (Fsp3) is 0.125. The number of benzene rings is 2. The standard InChI is InChI=1S/C16H12FNO3/c1-10(19)11-6-7-14-15(8-11)21-16(20)18(14)9-12-4-2-3-5-13(12)17/h2-8H,9H2,1H3. The van der Waals surface area contributed by atoms with E-state index >= 15 is 0 Å². The van der Waals surface area contributed by atoms with Gasteiger partial charge in [0, 0.05) is 11.1 Å². The maximum Gasteiger partial charge on any atom is 0.420 e. The van der Waals surface area contributed by atoms with Gasteiger partial charge >= 0.3 is 5.76 Å². The Morgan fingerprint density at radius 3 is 2.71 bits per heavy atom. The highest BCUT2D eigenvalue weighted by molar-refractivity contribution is 5.96. The largest absolute Gasteiger partial charge is 0.420 e. The van der Waals surface area contributed by atoms with E-state index in [0.29, 0.717) is 22.2 Å². The second-order valence-electron chi connectivity index (χ2n) is 4.78. The van der Waals surface area contributed by atoms with Crippen molar-refractivity contribution >= 4 is 16.9 Å². The van der Waals surface area contributed by atoms with Gasteiger partial charge in [-0.2, -0.15) is 0 Å². The first-order valence-corrected chi connectivity index (χ1v) is 6.44. The van der Waals surface area contributed by atoms with Crippen molar-refractivity contribution in [2.45, 2.75) is 13.5 Å². The van der Waals surface area contributed by atoms with Gasteiger partial charge in [-0.05, 0) is 31.2 Å². The smallest absolute Gasteiger partial charge is 0.408 e. The Morgan fingerprint density at radius 2 is 2.00 bits per heavy atom. The van der Waals surface area contributed by atoms with Gasteiger partial charge in [0.25, 0.3) is 0 Å². The predicted octanol–water partition coefficient (Wildman–Crippen LogP) is 2.98. The molecule has 0 spiro atoms. The summed E-state index contributed by atoms with van der Waals surface area (Å²) in [7, 11) is 0. The highest BCUT2D eigenvalue weighted by atomic mass is 19.1. The van der Waals surface area contributed by atoms with Crippen LogP contribution in [0.25, 0.3) is 11.1 Å². The van der Waals surface area contributed by atoms with Gasteiger partial charge in [0.15, 0.2) is 11.4 Å². The predicted molar refractivity (Wildman–Crippen MR) is 76.0 cm³/mol. The van der Waals surface area contributed by atoms with Crippen LogP contribution >= 0.6 is 0 Å². The van der Waals surface area contributed by atoms with Crippen LogP contribution in [0.2, 0.25) is 0 Å². The van der Waals surface area contributed by atoms with E-state index < -0.39 is 5.76 Å². The highest BCUT2D eigenvalue weighted by Gasteiger charge is 2.13. The van der Waals surface area contributed by atoms with Crippen LogP contribution in [0.15, 0.2) is 51.7 Å². The normalized spacial score (nSPS) is 11.0. The summed E-state index contributed by atoms with van der Waals surface area (Å²) in [4.78, 5) is 23.3. The number of halogens is 1. The second kappa shape index (κ2) is 5.01. The summed E-state index contributed by atoms with van der Waals surface area (Å²) in [5, 5.41) is 0. The monoisotopic (exact) mass is 285 g/mol. The van der Waals surface area contributed by atoms with Crippen molar-refractivity contribution in [2.24, 2.45) is 0 Å². The van der Waals surface area contributed by atoms with Gasteiger partial charge < -0.3 is 4.42 Å².